The van der Waals surface area contributed by atoms with Crippen molar-refractivity contribution in [1.82, 2.24) is 4.57 Å². The van der Waals surface area contributed by atoms with Gasteiger partial charge in [0.1, 0.15) is 5.69 Å². The van der Waals surface area contributed by atoms with Crippen LogP contribution in [0.25, 0.3) is 0 Å². The molecule has 20 heavy (non-hydrogen) atoms. The van der Waals surface area contributed by atoms with Crippen molar-refractivity contribution in [2.45, 2.75) is 6.92 Å². The second kappa shape index (κ2) is 5.60. The number of nitrogens with zero attached hydrogens (tertiary/aromatic N) is 4. The van der Waals surface area contributed by atoms with Gasteiger partial charge in [-0.15, -0.1) is 0 Å². The van der Waals surface area contributed by atoms with E-state index in [9.17, 15) is 9.18 Å². The second-order valence-corrected chi connectivity index (χ2v) is 4.37. The van der Waals surface area contributed by atoms with Gasteiger partial charge in [-0.25, -0.2) is 13.5 Å². The van der Waals surface area contributed by atoms with Crippen LogP contribution < -0.4 is 9.88 Å². The summed E-state index contributed by atoms with van der Waals surface area (Å²) in [5.41, 5.74) is 0.543. The number of hydrogen-bond donors (Lipinski definition) is 1. The van der Waals surface area contributed by atoms with E-state index >= 15 is 0 Å². The lowest BCUT2D eigenvalue weighted by Crippen LogP contribution is -2.25. The summed E-state index contributed by atoms with van der Waals surface area (Å²) in [6.45, 7) is 1.38. The molecule has 0 aliphatic rings. The number of amides is 1. The molecule has 0 atom stereocenters. The van der Waals surface area contributed by atoms with Gasteiger partial charge in [-0.2, -0.15) is 0 Å². The van der Waals surface area contributed by atoms with Crippen LogP contribution in [0.4, 0.5) is 21.7 Å². The van der Waals surface area contributed by atoms with E-state index in [1.165, 1.54) is 25.1 Å². The van der Waals surface area contributed by atoms with E-state index in [-0.39, 0.29) is 11.6 Å². The topological polar surface area (TPSA) is 62.6 Å². The van der Waals surface area contributed by atoms with Gasteiger partial charge in [0.15, 0.2) is 5.82 Å². The highest BCUT2D eigenvalue weighted by Crippen LogP contribution is 2.24. The molecule has 0 fully saturated rings. The van der Waals surface area contributed by atoms with Gasteiger partial charge in [-0.05, 0) is 18.2 Å². The number of halogens is 1. The number of nitrogens with one attached hydrogen (secondary N) is 1. The number of carbonyl (C=O) groups is 1. The van der Waals surface area contributed by atoms with Crippen molar-refractivity contribution in [3.8, 4) is 0 Å². The third kappa shape index (κ3) is 3.05. The monoisotopic (exact) mass is 276 g/mol. The van der Waals surface area contributed by atoms with Gasteiger partial charge in [0, 0.05) is 17.7 Å². The molecule has 0 radical (unpaired) electrons. The van der Waals surface area contributed by atoms with Crippen LogP contribution in [0, 0.1) is 5.82 Å². The first-order chi connectivity index (χ1) is 9.47. The number of rotatable bonds is 3. The first-order valence-electron chi connectivity index (χ1n) is 5.97. The summed E-state index contributed by atoms with van der Waals surface area (Å²) in [6.07, 6.45) is 3.64. The Morgan fingerprint density at radius 3 is 2.75 bits per heavy atom. The molecule has 1 heterocycles. The smallest absolute Gasteiger partial charge is 0.326 e. The van der Waals surface area contributed by atoms with Crippen LogP contribution in [0.5, 0.6) is 0 Å². The van der Waals surface area contributed by atoms with Crippen molar-refractivity contribution in [2.24, 2.45) is 24.3 Å². The highest BCUT2D eigenvalue weighted by molar-refractivity contribution is 5.89. The van der Waals surface area contributed by atoms with Crippen molar-refractivity contribution in [2.75, 3.05) is 5.32 Å². The number of carbonyl (C=O) groups excluding carboxylic acids is 1. The van der Waals surface area contributed by atoms with Crippen LogP contribution in [0.3, 0.4) is 0 Å². The van der Waals surface area contributed by atoms with Gasteiger partial charge < -0.3 is 5.32 Å². The summed E-state index contributed by atoms with van der Waals surface area (Å²) in [5, 5.41) is 10.5. The number of hydrogen-bond acceptors (Lipinski definition) is 3. The molecule has 1 aromatic heterocycles. The molecule has 0 spiro atoms. The average Bonchev–Trinajstić information content (AvgIpc) is 2.69. The number of benzene rings is 1. The Labute approximate surface area is 115 Å². The summed E-state index contributed by atoms with van der Waals surface area (Å²) in [5.74, 6) is -0.151. The maximum atomic E-state index is 13.7. The summed E-state index contributed by atoms with van der Waals surface area (Å²) < 4.78 is 17.2. The number of anilines is 1. The lowest BCUT2D eigenvalue weighted by Gasteiger charge is -2.02. The van der Waals surface area contributed by atoms with Crippen molar-refractivity contribution >= 4 is 23.2 Å². The molecule has 2 rings (SSSR count). The summed E-state index contributed by atoms with van der Waals surface area (Å²) in [4.78, 5) is 11.0. The van der Waals surface area contributed by atoms with E-state index in [1.54, 1.807) is 9.13 Å². The molecular weight excluding hydrogens is 261 g/mol. The average molecular weight is 276 g/mol. The minimum absolute atomic E-state index is 0.0671. The zero-order valence-electron chi connectivity index (χ0n) is 11.5. The van der Waals surface area contributed by atoms with Gasteiger partial charge in [0.25, 0.3) is 0 Å². The minimum atomic E-state index is -0.500. The van der Waals surface area contributed by atoms with Gasteiger partial charge >= 0.3 is 5.95 Å². The normalized spacial score (nSPS) is 11.0. The largest absolute Gasteiger partial charge is 0.421 e. The summed E-state index contributed by atoms with van der Waals surface area (Å²) >= 11 is 0. The Bertz CT molecular complexity index is 658. The fourth-order valence-electron chi connectivity index (χ4n) is 1.69. The van der Waals surface area contributed by atoms with Crippen LogP contribution in [0.1, 0.15) is 6.92 Å². The Morgan fingerprint density at radius 2 is 2.15 bits per heavy atom. The Hall–Kier alpha value is -2.57. The Balaban J connectivity index is 2.31. The maximum Gasteiger partial charge on any atom is 0.421 e. The molecule has 0 saturated carbocycles. The third-order valence-corrected chi connectivity index (χ3v) is 2.66. The van der Waals surface area contributed by atoms with Gasteiger partial charge in [0.05, 0.1) is 26.5 Å². The Kier molecular flexibility index (Phi) is 3.88. The van der Waals surface area contributed by atoms with Crippen LogP contribution in [-0.2, 0) is 18.9 Å². The van der Waals surface area contributed by atoms with E-state index in [0.717, 1.165) is 0 Å². The van der Waals surface area contributed by atoms with E-state index < -0.39 is 5.82 Å². The van der Waals surface area contributed by atoms with Gasteiger partial charge in [-0.1, -0.05) is 5.11 Å². The highest BCUT2D eigenvalue weighted by atomic mass is 19.1. The Morgan fingerprint density at radius 1 is 1.40 bits per heavy atom. The number of aryl methyl sites for hydroxylation is 2. The molecule has 2 aromatic rings. The highest BCUT2D eigenvalue weighted by Gasteiger charge is 2.12. The standard InChI is InChI=1S/C13H14FN5O/c1-9(20)15-10-4-5-11(14)12(8-10)16-17-13-18(2)6-7-19(13)3/h4-8H,1-3H3/p+1. The van der Waals surface area contributed by atoms with Crippen LogP contribution in [0.2, 0.25) is 0 Å². The van der Waals surface area contributed by atoms with Crippen molar-refractivity contribution in [1.29, 1.82) is 0 Å². The summed E-state index contributed by atoms with van der Waals surface area (Å²) in [6, 6.07) is 4.14. The quantitative estimate of drug-likeness (QED) is 0.679. The fourth-order valence-corrected chi connectivity index (χ4v) is 1.69. The van der Waals surface area contributed by atoms with Gasteiger partial charge in [0.2, 0.25) is 5.91 Å². The lowest BCUT2D eigenvalue weighted by atomic mass is 10.2. The molecule has 0 unspecified atom stereocenters. The zero-order valence-corrected chi connectivity index (χ0v) is 11.5. The minimum Gasteiger partial charge on any atom is -0.326 e. The van der Waals surface area contributed by atoms with Crippen LogP contribution in [-0.4, -0.2) is 10.5 Å². The predicted molar refractivity (Wildman–Crippen MR) is 71.5 cm³/mol. The van der Waals surface area contributed by atoms with Crippen molar-refractivity contribution < 1.29 is 13.8 Å². The predicted octanol–water partition coefficient (Wildman–Crippen LogP) is 2.36. The SMILES string of the molecule is CC(=O)Nc1ccc(F)c(N=Nc2n(C)cc[n+]2C)c1. The molecule has 7 heteroatoms. The molecular formula is C13H15FN5O+. The zero-order chi connectivity index (χ0) is 14.7. The number of imidazole rings is 1. The molecule has 1 N–H and O–H groups in total. The summed E-state index contributed by atoms with van der Waals surface area (Å²) in [7, 11) is 3.64. The number of azo groups is 1. The van der Waals surface area contributed by atoms with Crippen LogP contribution in [0.15, 0.2) is 40.8 Å². The van der Waals surface area contributed by atoms with E-state index in [2.05, 4.69) is 15.5 Å². The third-order valence-electron chi connectivity index (χ3n) is 2.66. The molecule has 0 saturated heterocycles. The molecule has 6 nitrogen and oxygen atoms in total. The molecule has 0 bridgehead atoms. The molecule has 1 aromatic carbocycles. The van der Waals surface area contributed by atoms with E-state index in [0.29, 0.717) is 11.6 Å². The van der Waals surface area contributed by atoms with Crippen molar-refractivity contribution in [3.63, 3.8) is 0 Å². The maximum absolute atomic E-state index is 13.7. The van der Waals surface area contributed by atoms with Gasteiger partial charge in [-0.3, -0.25) is 4.79 Å². The van der Waals surface area contributed by atoms with E-state index in [1.807, 2.05) is 26.5 Å². The van der Waals surface area contributed by atoms with Crippen LogP contribution >= 0.6 is 0 Å². The molecule has 0 aliphatic heterocycles. The van der Waals surface area contributed by atoms with Crippen molar-refractivity contribution in [3.05, 3.63) is 36.4 Å². The first kappa shape index (κ1) is 13.9. The fraction of sp³-hybridized carbons (Fsp3) is 0.231. The number of aromatic nitrogens is 2. The van der Waals surface area contributed by atoms with E-state index in [4.69, 9.17) is 0 Å². The lowest BCUT2D eigenvalue weighted by molar-refractivity contribution is -0.657. The first-order valence-corrected chi connectivity index (χ1v) is 5.97. The molecule has 1 amide bonds. The molecule has 104 valence electrons. The second-order valence-electron chi connectivity index (χ2n) is 4.37. The molecule has 0 aliphatic carbocycles.